The Morgan fingerprint density at radius 3 is 2.72 bits per heavy atom. The molecule has 4 heterocycles. The van der Waals surface area contributed by atoms with Crippen molar-refractivity contribution in [2.24, 2.45) is 5.92 Å². The van der Waals surface area contributed by atoms with Gasteiger partial charge in [-0.3, -0.25) is 4.68 Å². The van der Waals surface area contributed by atoms with Crippen LogP contribution in [0.1, 0.15) is 24.4 Å². The predicted octanol–water partition coefficient (Wildman–Crippen LogP) is 4.45. The molecule has 0 unspecified atom stereocenters. The van der Waals surface area contributed by atoms with Crippen LogP contribution in [0.4, 0.5) is 23.2 Å². The van der Waals surface area contributed by atoms with Gasteiger partial charge in [0.15, 0.2) is 0 Å². The molecule has 1 saturated heterocycles. The Balaban J connectivity index is 0.000000448. The highest BCUT2D eigenvalue weighted by atomic mass is 19.4. The fourth-order valence-corrected chi connectivity index (χ4v) is 4.55. The van der Waals surface area contributed by atoms with Crippen molar-refractivity contribution in [1.82, 2.24) is 24.7 Å². The molecule has 200 valence electrons. The molecule has 1 aromatic carbocycles. The smallest absolute Gasteiger partial charge is 0.475 e. The summed E-state index contributed by atoms with van der Waals surface area (Å²) in [6, 6.07) is 10.7. The molecule has 39 heavy (non-hydrogen) atoms. The molecule has 5 rings (SSSR count). The van der Waals surface area contributed by atoms with Gasteiger partial charge in [0, 0.05) is 42.4 Å². The van der Waals surface area contributed by atoms with E-state index in [4.69, 9.17) is 9.90 Å². The summed E-state index contributed by atoms with van der Waals surface area (Å²) in [5.41, 5.74) is 3.03. The first-order valence-electron chi connectivity index (χ1n) is 11.6. The molecule has 2 atom stereocenters. The molecule has 0 bridgehead atoms. The number of hydrogen-bond acceptors (Lipinski definition) is 7. The Labute approximate surface area is 218 Å². The number of aromatic nitrogens is 5. The highest BCUT2D eigenvalue weighted by Crippen LogP contribution is 2.36. The predicted molar refractivity (Wildman–Crippen MR) is 130 cm³/mol. The summed E-state index contributed by atoms with van der Waals surface area (Å²) in [5.74, 6) is -3.07. The Hall–Kier alpha value is -4.98. The van der Waals surface area contributed by atoms with E-state index in [1.165, 1.54) is 12.4 Å². The molecule has 0 aliphatic carbocycles. The number of alkyl halides is 3. The third-order valence-corrected chi connectivity index (χ3v) is 6.30. The number of anilines is 1. The van der Waals surface area contributed by atoms with E-state index >= 15 is 0 Å². The minimum atomic E-state index is -5.08. The van der Waals surface area contributed by atoms with Crippen LogP contribution < -0.4 is 4.90 Å². The lowest BCUT2D eigenvalue weighted by molar-refractivity contribution is -0.192. The number of halogens is 4. The Kier molecular flexibility index (Phi) is 7.76. The number of hydrogen-bond donors (Lipinski definition) is 2. The number of nitrogens with one attached hydrogen (secondary N) is 1. The van der Waals surface area contributed by atoms with E-state index < -0.39 is 18.0 Å². The highest BCUT2D eigenvalue weighted by Gasteiger charge is 2.38. The van der Waals surface area contributed by atoms with Gasteiger partial charge in [0.2, 0.25) is 0 Å². The number of aliphatic carboxylic acids is 1. The summed E-state index contributed by atoms with van der Waals surface area (Å²) in [6.45, 7) is 1.17. The third-order valence-electron chi connectivity index (χ3n) is 6.30. The summed E-state index contributed by atoms with van der Waals surface area (Å²) < 4.78 is 48.1. The second-order valence-corrected chi connectivity index (χ2v) is 8.65. The topological polar surface area (TPSA) is 148 Å². The monoisotopic (exact) mass is 540 g/mol. The van der Waals surface area contributed by atoms with Crippen molar-refractivity contribution in [3.8, 4) is 23.4 Å². The molecule has 0 spiro atoms. The zero-order chi connectivity index (χ0) is 28.2. The van der Waals surface area contributed by atoms with E-state index in [2.05, 4.69) is 32.2 Å². The molecule has 3 aromatic heterocycles. The maximum absolute atomic E-state index is 14.5. The molecule has 1 aliphatic heterocycles. The first kappa shape index (κ1) is 27.1. The molecule has 10 nitrogen and oxygen atoms in total. The number of fused-ring (bicyclic) bond motifs is 1. The number of aromatic amines is 1. The van der Waals surface area contributed by atoms with E-state index in [0.717, 1.165) is 28.7 Å². The number of rotatable bonds is 5. The summed E-state index contributed by atoms with van der Waals surface area (Å²) in [4.78, 5) is 22.5. The lowest BCUT2D eigenvalue weighted by atomic mass is 9.96. The second kappa shape index (κ2) is 11.2. The number of nitriles is 2. The average Bonchev–Trinajstić information content (AvgIpc) is 3.67. The van der Waals surface area contributed by atoms with Crippen LogP contribution in [0, 0.1) is 34.4 Å². The molecule has 4 aromatic rings. The maximum atomic E-state index is 14.5. The number of H-pyrrole nitrogens is 1. The van der Waals surface area contributed by atoms with E-state index in [1.54, 1.807) is 18.3 Å². The zero-order valence-corrected chi connectivity index (χ0v) is 20.1. The summed E-state index contributed by atoms with van der Waals surface area (Å²) >= 11 is 0. The quantitative estimate of drug-likeness (QED) is 0.353. The summed E-state index contributed by atoms with van der Waals surface area (Å²) in [7, 11) is 0. The second-order valence-electron chi connectivity index (χ2n) is 8.65. The van der Waals surface area contributed by atoms with Crippen molar-refractivity contribution >= 4 is 22.7 Å². The van der Waals surface area contributed by atoms with Crippen molar-refractivity contribution in [3.05, 3.63) is 60.6 Å². The van der Waals surface area contributed by atoms with Gasteiger partial charge in [0.05, 0.1) is 41.7 Å². The van der Waals surface area contributed by atoms with Crippen LogP contribution in [-0.2, 0) is 4.79 Å². The fraction of sp³-hybridized carbons (Fsp3) is 0.280. The lowest BCUT2D eigenvalue weighted by Crippen LogP contribution is -2.26. The highest BCUT2D eigenvalue weighted by molar-refractivity contribution is 5.90. The van der Waals surface area contributed by atoms with E-state index in [9.17, 15) is 28.1 Å². The first-order chi connectivity index (χ1) is 18.6. The van der Waals surface area contributed by atoms with Gasteiger partial charge in [-0.2, -0.15) is 28.8 Å². The van der Waals surface area contributed by atoms with Gasteiger partial charge in [-0.05, 0) is 24.6 Å². The van der Waals surface area contributed by atoms with Crippen LogP contribution >= 0.6 is 0 Å². The minimum absolute atomic E-state index is 0.0891. The molecule has 1 aliphatic rings. The van der Waals surface area contributed by atoms with Crippen LogP contribution in [0.2, 0.25) is 0 Å². The number of benzene rings is 1. The molecule has 14 heteroatoms. The van der Waals surface area contributed by atoms with Crippen LogP contribution in [0.5, 0.6) is 0 Å². The standard InChI is InChI=1S/C23H19FN8.C2HF3O2/c24-19-3-1-2-15(10-26)22(19)31-9-6-16(12-31)20(4-7-25)32-13-17(11-30-32)21-18-5-8-27-23(18)29-14-28-21;3-2(4,5)1(6)7/h1-3,5,8,11,13-14,16,20H,4,6,9,12H2,(H,27,28,29);(H,6,7)/t16-,20-;/m0./s1. The SMILES string of the molecule is N#CC[C@@H]([C@H]1CCN(c2c(F)cccc2C#N)C1)n1cc(-c2ncnc3[nH]ccc23)cn1.O=C(O)C(F)(F)F. The number of carboxylic acid groups (broad SMARTS) is 1. The Morgan fingerprint density at radius 1 is 1.26 bits per heavy atom. The maximum Gasteiger partial charge on any atom is 0.490 e. The number of para-hydroxylation sites is 1. The van der Waals surface area contributed by atoms with Crippen LogP contribution in [0.25, 0.3) is 22.3 Å². The minimum Gasteiger partial charge on any atom is -0.475 e. The number of carbonyl (C=O) groups is 1. The molecule has 0 radical (unpaired) electrons. The molecule has 1 fully saturated rings. The normalized spacial score (nSPS) is 15.7. The molecular formula is C25H20F4N8O2. The molecule has 0 saturated carbocycles. The Bertz CT molecular complexity index is 1570. The summed E-state index contributed by atoms with van der Waals surface area (Å²) in [6.07, 6.45) is 2.95. The van der Waals surface area contributed by atoms with Crippen molar-refractivity contribution in [2.75, 3.05) is 18.0 Å². The van der Waals surface area contributed by atoms with E-state index in [-0.39, 0.29) is 18.4 Å². The summed E-state index contributed by atoms with van der Waals surface area (Å²) in [5, 5.41) is 31.4. The van der Waals surface area contributed by atoms with Crippen LogP contribution in [-0.4, -0.2) is 55.1 Å². The third kappa shape index (κ3) is 5.80. The van der Waals surface area contributed by atoms with Crippen LogP contribution in [0.3, 0.4) is 0 Å². The first-order valence-corrected chi connectivity index (χ1v) is 11.6. The van der Waals surface area contributed by atoms with Crippen molar-refractivity contribution < 1.29 is 27.5 Å². The van der Waals surface area contributed by atoms with Gasteiger partial charge in [-0.1, -0.05) is 6.07 Å². The largest absolute Gasteiger partial charge is 0.490 e. The van der Waals surface area contributed by atoms with Gasteiger partial charge in [-0.15, -0.1) is 0 Å². The van der Waals surface area contributed by atoms with Gasteiger partial charge >= 0.3 is 12.1 Å². The number of carboxylic acids is 1. The van der Waals surface area contributed by atoms with E-state index in [0.29, 0.717) is 24.3 Å². The van der Waals surface area contributed by atoms with Crippen LogP contribution in [0.15, 0.2) is 49.2 Å². The van der Waals surface area contributed by atoms with Gasteiger partial charge < -0.3 is 15.0 Å². The average molecular weight is 540 g/mol. The van der Waals surface area contributed by atoms with Gasteiger partial charge in [0.1, 0.15) is 23.9 Å². The number of nitrogens with zero attached hydrogens (tertiary/aromatic N) is 7. The fourth-order valence-electron chi connectivity index (χ4n) is 4.55. The lowest BCUT2D eigenvalue weighted by Gasteiger charge is -2.24. The molecule has 2 N–H and O–H groups in total. The molecular weight excluding hydrogens is 520 g/mol. The Morgan fingerprint density at radius 2 is 2.03 bits per heavy atom. The molecule has 0 amide bonds. The van der Waals surface area contributed by atoms with Crippen molar-refractivity contribution in [3.63, 3.8) is 0 Å². The van der Waals surface area contributed by atoms with Gasteiger partial charge in [-0.25, -0.2) is 19.2 Å². The van der Waals surface area contributed by atoms with E-state index in [1.807, 2.05) is 28.0 Å². The van der Waals surface area contributed by atoms with Crippen molar-refractivity contribution in [2.45, 2.75) is 25.1 Å². The van der Waals surface area contributed by atoms with Crippen molar-refractivity contribution in [1.29, 1.82) is 10.5 Å². The van der Waals surface area contributed by atoms with Gasteiger partial charge in [0.25, 0.3) is 0 Å². The zero-order valence-electron chi connectivity index (χ0n) is 20.1.